The van der Waals surface area contributed by atoms with Crippen LogP contribution in [0.5, 0.6) is 0 Å². The van der Waals surface area contributed by atoms with E-state index in [2.05, 4.69) is 22.3 Å². The first-order chi connectivity index (χ1) is 12.5. The summed E-state index contributed by atoms with van der Waals surface area (Å²) in [5.41, 5.74) is 3.03. The van der Waals surface area contributed by atoms with Crippen molar-refractivity contribution in [3.8, 4) is 11.3 Å². The van der Waals surface area contributed by atoms with Crippen LogP contribution in [0.25, 0.3) is 11.3 Å². The minimum Gasteiger partial charge on any atom is -0.375 e. The number of nitrogens with one attached hydrogen (secondary N) is 1. The monoisotopic (exact) mass is 353 g/mol. The van der Waals surface area contributed by atoms with Crippen molar-refractivity contribution in [1.82, 2.24) is 5.16 Å². The Kier molecular flexibility index (Phi) is 5.02. The van der Waals surface area contributed by atoms with Crippen LogP contribution < -0.4 is 10.2 Å². The van der Waals surface area contributed by atoms with Crippen molar-refractivity contribution in [2.24, 2.45) is 0 Å². The molecule has 0 atom stereocenters. The summed E-state index contributed by atoms with van der Waals surface area (Å²) in [4.78, 5) is 14.9. The van der Waals surface area contributed by atoms with Gasteiger partial charge in [-0.05, 0) is 56.3 Å². The average molecular weight is 353 g/mol. The van der Waals surface area contributed by atoms with Crippen molar-refractivity contribution in [3.63, 3.8) is 0 Å². The topological polar surface area (TPSA) is 58.4 Å². The lowest BCUT2D eigenvalue weighted by atomic mass is 10.1. The molecule has 0 aliphatic carbocycles. The molecular formula is C20H20FN3O2. The fourth-order valence-electron chi connectivity index (χ4n) is 2.64. The Bertz CT molecular complexity index is 919. The quantitative estimate of drug-likeness (QED) is 0.734. The SMILES string of the molecule is CCN(C)c1cccc(NC(=O)c2c(-c3ccc(F)cc3)noc2C)c1. The van der Waals surface area contributed by atoms with E-state index in [1.807, 2.05) is 31.3 Å². The molecule has 0 saturated carbocycles. The molecule has 0 radical (unpaired) electrons. The van der Waals surface area contributed by atoms with Crippen LogP contribution in [0.15, 0.2) is 53.1 Å². The Hall–Kier alpha value is -3.15. The highest BCUT2D eigenvalue weighted by Gasteiger charge is 2.22. The van der Waals surface area contributed by atoms with Crippen LogP contribution in [0.1, 0.15) is 23.0 Å². The molecule has 1 N–H and O–H groups in total. The van der Waals surface area contributed by atoms with E-state index in [-0.39, 0.29) is 11.7 Å². The summed E-state index contributed by atoms with van der Waals surface area (Å²) >= 11 is 0. The van der Waals surface area contributed by atoms with Crippen LogP contribution in [-0.4, -0.2) is 24.7 Å². The maximum Gasteiger partial charge on any atom is 0.261 e. The first-order valence-electron chi connectivity index (χ1n) is 8.34. The summed E-state index contributed by atoms with van der Waals surface area (Å²) in [5, 5.41) is 6.86. The van der Waals surface area contributed by atoms with Gasteiger partial charge in [-0.25, -0.2) is 4.39 Å². The number of hydrogen-bond donors (Lipinski definition) is 1. The fourth-order valence-corrected chi connectivity index (χ4v) is 2.64. The van der Waals surface area contributed by atoms with Gasteiger partial charge in [0, 0.05) is 30.5 Å². The molecule has 0 aliphatic rings. The lowest BCUT2D eigenvalue weighted by Gasteiger charge is -2.17. The van der Waals surface area contributed by atoms with Crippen LogP contribution in [0, 0.1) is 12.7 Å². The number of carbonyl (C=O) groups is 1. The molecule has 1 heterocycles. The summed E-state index contributed by atoms with van der Waals surface area (Å²) in [6.07, 6.45) is 0. The van der Waals surface area contributed by atoms with Gasteiger partial charge in [-0.2, -0.15) is 0 Å². The number of halogens is 1. The number of amides is 1. The van der Waals surface area contributed by atoms with E-state index in [0.29, 0.717) is 28.3 Å². The van der Waals surface area contributed by atoms with E-state index in [1.54, 1.807) is 19.1 Å². The molecule has 0 spiro atoms. The summed E-state index contributed by atoms with van der Waals surface area (Å²) in [6.45, 7) is 4.59. The lowest BCUT2D eigenvalue weighted by molar-refractivity contribution is 0.102. The van der Waals surface area contributed by atoms with Gasteiger partial charge in [-0.3, -0.25) is 4.79 Å². The van der Waals surface area contributed by atoms with E-state index >= 15 is 0 Å². The number of hydrogen-bond acceptors (Lipinski definition) is 4. The molecule has 0 fully saturated rings. The minimum absolute atomic E-state index is 0.320. The van der Waals surface area contributed by atoms with Gasteiger partial charge < -0.3 is 14.7 Å². The molecule has 1 aromatic heterocycles. The fraction of sp³-hybridized carbons (Fsp3) is 0.200. The highest BCUT2D eigenvalue weighted by molar-refractivity contribution is 6.08. The van der Waals surface area contributed by atoms with Gasteiger partial charge in [-0.15, -0.1) is 0 Å². The molecule has 1 amide bonds. The van der Waals surface area contributed by atoms with Crippen LogP contribution in [0.4, 0.5) is 15.8 Å². The highest BCUT2D eigenvalue weighted by atomic mass is 19.1. The zero-order valence-electron chi connectivity index (χ0n) is 14.9. The normalized spacial score (nSPS) is 10.6. The third kappa shape index (κ3) is 3.59. The smallest absolute Gasteiger partial charge is 0.261 e. The molecule has 3 rings (SSSR count). The first-order valence-corrected chi connectivity index (χ1v) is 8.34. The van der Waals surface area contributed by atoms with Crippen LogP contribution >= 0.6 is 0 Å². The van der Waals surface area contributed by atoms with Crippen LogP contribution in [0.2, 0.25) is 0 Å². The van der Waals surface area contributed by atoms with Crippen molar-refractivity contribution in [2.45, 2.75) is 13.8 Å². The molecule has 2 aromatic carbocycles. The maximum atomic E-state index is 13.2. The van der Waals surface area contributed by atoms with Crippen molar-refractivity contribution >= 4 is 17.3 Å². The number of aromatic nitrogens is 1. The van der Waals surface area contributed by atoms with Gasteiger partial charge in [0.25, 0.3) is 5.91 Å². The van der Waals surface area contributed by atoms with Crippen LogP contribution in [-0.2, 0) is 0 Å². The van der Waals surface area contributed by atoms with Crippen molar-refractivity contribution in [1.29, 1.82) is 0 Å². The standard InChI is InChI=1S/C20H20FN3O2/c1-4-24(3)17-7-5-6-16(12-17)22-20(25)18-13(2)26-23-19(18)14-8-10-15(21)11-9-14/h5-12H,4H2,1-3H3,(H,22,25). The second-order valence-electron chi connectivity index (χ2n) is 5.99. The molecule has 0 aliphatic heterocycles. The van der Waals surface area contributed by atoms with Gasteiger partial charge in [-0.1, -0.05) is 11.2 Å². The Morgan fingerprint density at radius 1 is 1.23 bits per heavy atom. The Labute approximate surface area is 151 Å². The summed E-state index contributed by atoms with van der Waals surface area (Å²) in [7, 11) is 1.98. The molecule has 6 heteroatoms. The third-order valence-electron chi connectivity index (χ3n) is 4.23. The number of benzene rings is 2. The van der Waals surface area contributed by atoms with Gasteiger partial charge >= 0.3 is 0 Å². The van der Waals surface area contributed by atoms with Crippen molar-refractivity contribution in [2.75, 3.05) is 23.8 Å². The number of rotatable bonds is 5. The predicted octanol–water partition coefficient (Wildman–Crippen LogP) is 4.50. The number of nitrogens with zero attached hydrogens (tertiary/aromatic N) is 2. The molecule has 26 heavy (non-hydrogen) atoms. The van der Waals surface area contributed by atoms with Crippen molar-refractivity contribution < 1.29 is 13.7 Å². The average Bonchev–Trinajstić information content (AvgIpc) is 3.03. The highest BCUT2D eigenvalue weighted by Crippen LogP contribution is 2.27. The third-order valence-corrected chi connectivity index (χ3v) is 4.23. The van der Waals surface area contributed by atoms with E-state index in [9.17, 15) is 9.18 Å². The number of anilines is 2. The summed E-state index contributed by atoms with van der Waals surface area (Å²) in [5.74, 6) is -0.264. The van der Waals surface area contributed by atoms with E-state index in [4.69, 9.17) is 4.52 Å². The Balaban J connectivity index is 1.89. The zero-order valence-corrected chi connectivity index (χ0v) is 14.9. The molecule has 134 valence electrons. The van der Waals surface area contributed by atoms with Gasteiger partial charge in [0.2, 0.25) is 0 Å². The minimum atomic E-state index is -0.350. The van der Waals surface area contributed by atoms with Gasteiger partial charge in [0.15, 0.2) is 0 Å². The molecular weight excluding hydrogens is 333 g/mol. The summed E-state index contributed by atoms with van der Waals surface area (Å²) in [6, 6.07) is 13.4. The van der Waals surface area contributed by atoms with Gasteiger partial charge in [0.1, 0.15) is 22.8 Å². The Morgan fingerprint density at radius 3 is 2.65 bits per heavy atom. The largest absolute Gasteiger partial charge is 0.375 e. The molecule has 0 bridgehead atoms. The van der Waals surface area contributed by atoms with Crippen LogP contribution in [0.3, 0.4) is 0 Å². The first kappa shape index (κ1) is 17.7. The maximum absolute atomic E-state index is 13.2. The lowest BCUT2D eigenvalue weighted by Crippen LogP contribution is -2.17. The second-order valence-corrected chi connectivity index (χ2v) is 5.99. The van der Waals surface area contributed by atoms with E-state index < -0.39 is 0 Å². The number of carbonyl (C=O) groups excluding carboxylic acids is 1. The molecule has 0 unspecified atom stereocenters. The Morgan fingerprint density at radius 2 is 1.96 bits per heavy atom. The van der Waals surface area contributed by atoms with Crippen molar-refractivity contribution in [3.05, 3.63) is 65.7 Å². The molecule has 3 aromatic rings. The molecule has 5 nitrogen and oxygen atoms in total. The number of aryl methyl sites for hydroxylation is 1. The zero-order chi connectivity index (χ0) is 18.7. The second kappa shape index (κ2) is 7.39. The van der Waals surface area contributed by atoms with E-state index in [1.165, 1.54) is 12.1 Å². The van der Waals surface area contributed by atoms with E-state index in [0.717, 1.165) is 12.2 Å². The predicted molar refractivity (Wildman–Crippen MR) is 100.0 cm³/mol. The molecule has 0 saturated heterocycles. The van der Waals surface area contributed by atoms with Gasteiger partial charge in [0.05, 0.1) is 0 Å². The summed E-state index contributed by atoms with van der Waals surface area (Å²) < 4.78 is 18.4.